The number of methoxy groups -OCH3 is 1. The first-order chi connectivity index (χ1) is 20.0. The maximum atomic E-state index is 12.7. The zero-order chi connectivity index (χ0) is 31.1. The average Bonchev–Trinajstić information content (AvgIpc) is 2.95. The van der Waals surface area contributed by atoms with E-state index < -0.39 is 42.1 Å². The lowest BCUT2D eigenvalue weighted by Crippen LogP contribution is -2.37. The first-order valence-electron chi connectivity index (χ1n) is 12.9. The molecule has 0 aliphatic heterocycles. The van der Waals surface area contributed by atoms with Gasteiger partial charge in [-0.15, -0.1) is 0 Å². The van der Waals surface area contributed by atoms with Gasteiger partial charge in [-0.3, -0.25) is 9.59 Å². The molecule has 0 heterocycles. The maximum absolute atomic E-state index is 12.7. The van der Waals surface area contributed by atoms with Crippen molar-refractivity contribution < 1.29 is 57.1 Å². The van der Waals surface area contributed by atoms with Gasteiger partial charge >= 0.3 is 29.8 Å². The molecule has 12 heteroatoms. The molecule has 12 nitrogen and oxygen atoms in total. The van der Waals surface area contributed by atoms with Crippen LogP contribution in [0.5, 0.6) is 11.5 Å². The number of allylic oxidation sites excluding steroid dienone is 1. The Morgan fingerprint density at radius 1 is 0.690 bits per heavy atom. The van der Waals surface area contributed by atoms with Gasteiger partial charge in [0.25, 0.3) is 0 Å². The summed E-state index contributed by atoms with van der Waals surface area (Å²) in [6, 6.07) is 11.7. The van der Waals surface area contributed by atoms with E-state index in [1.807, 2.05) is 0 Å². The highest BCUT2D eigenvalue weighted by molar-refractivity contribution is 5.91. The fourth-order valence-electron chi connectivity index (χ4n) is 3.32. The second-order valence-corrected chi connectivity index (χ2v) is 8.85. The highest BCUT2D eigenvalue weighted by Crippen LogP contribution is 2.17. The Bertz CT molecular complexity index is 1210. The average molecular weight is 587 g/mol. The summed E-state index contributed by atoms with van der Waals surface area (Å²) in [4.78, 5) is 60.1. The molecule has 0 bridgehead atoms. The molecule has 0 N–H and O–H groups in total. The van der Waals surface area contributed by atoms with Crippen molar-refractivity contribution in [3.05, 3.63) is 71.3 Å². The predicted molar refractivity (Wildman–Crippen MR) is 147 cm³/mol. The van der Waals surface area contributed by atoms with Crippen LogP contribution >= 0.6 is 0 Å². The summed E-state index contributed by atoms with van der Waals surface area (Å²) in [5.74, 6) is -2.83. The molecule has 1 unspecified atom stereocenters. The van der Waals surface area contributed by atoms with Crippen molar-refractivity contribution in [2.75, 3.05) is 33.5 Å². The lowest BCUT2D eigenvalue weighted by Gasteiger charge is -2.24. The van der Waals surface area contributed by atoms with Gasteiger partial charge in [-0.25, -0.2) is 14.4 Å². The Labute approximate surface area is 243 Å². The second kappa shape index (κ2) is 17.3. The van der Waals surface area contributed by atoms with Gasteiger partial charge in [-0.2, -0.15) is 0 Å². The van der Waals surface area contributed by atoms with Crippen LogP contribution in [0.2, 0.25) is 0 Å². The van der Waals surface area contributed by atoms with Crippen LogP contribution in [0.1, 0.15) is 48.4 Å². The van der Waals surface area contributed by atoms with E-state index in [0.717, 1.165) is 0 Å². The van der Waals surface area contributed by atoms with E-state index in [-0.39, 0.29) is 49.1 Å². The van der Waals surface area contributed by atoms with E-state index in [2.05, 4.69) is 0 Å². The fourth-order valence-corrected chi connectivity index (χ4v) is 3.32. The van der Waals surface area contributed by atoms with Gasteiger partial charge in [0.1, 0.15) is 43.5 Å². The normalized spacial score (nSPS) is 11.8. The van der Waals surface area contributed by atoms with Gasteiger partial charge in [0.15, 0.2) is 0 Å². The highest BCUT2D eigenvalue weighted by Gasteiger charge is 2.23. The minimum Gasteiger partial charge on any atom is -0.459 e. The summed E-state index contributed by atoms with van der Waals surface area (Å²) in [5.41, 5.74) is 0.615. The molecule has 42 heavy (non-hydrogen) atoms. The molecule has 226 valence electrons. The molecule has 0 fully saturated rings. The Morgan fingerprint density at radius 2 is 1.14 bits per heavy atom. The summed E-state index contributed by atoms with van der Waals surface area (Å²) >= 11 is 0. The molecule has 0 radical (unpaired) electrons. The number of hydrogen-bond acceptors (Lipinski definition) is 12. The Balaban J connectivity index is 2.16. The molecular weight excluding hydrogens is 552 g/mol. The topological polar surface area (TPSA) is 150 Å². The van der Waals surface area contributed by atoms with E-state index in [1.165, 1.54) is 69.5 Å². The minimum atomic E-state index is -1.01. The lowest BCUT2D eigenvalue weighted by molar-refractivity contribution is -0.150. The number of carbonyl (C=O) groups excluding carboxylic acids is 5. The number of hydrogen-bond donors (Lipinski definition) is 0. The first kappa shape index (κ1) is 33.7. The molecule has 0 amide bonds. The van der Waals surface area contributed by atoms with Crippen LogP contribution in [0.25, 0.3) is 0 Å². The molecule has 1 atom stereocenters. The standard InChI is InChI=1S/C30H34O12/c1-6-19(2)28(33)37-16-26(15-36-5)42-27(17-38-29(34)22-9-7-11-24(13-22)40-20(3)31)18-39-30(35)23-10-8-12-25(14-23)41-21(4)32/h6-14,26-27H,15-18H2,1-5H3/b19-6+. The Kier molecular flexibility index (Phi) is 13.9. The van der Waals surface area contributed by atoms with Crippen molar-refractivity contribution in [1.82, 2.24) is 0 Å². The molecular formula is C30H34O12. The number of ether oxygens (including phenoxy) is 7. The molecule has 0 saturated heterocycles. The van der Waals surface area contributed by atoms with E-state index in [0.29, 0.717) is 5.57 Å². The third kappa shape index (κ3) is 11.9. The lowest BCUT2D eigenvalue weighted by atomic mass is 10.2. The molecule has 2 rings (SSSR count). The van der Waals surface area contributed by atoms with Crippen LogP contribution in [-0.4, -0.2) is 75.6 Å². The third-order valence-electron chi connectivity index (χ3n) is 5.36. The van der Waals surface area contributed by atoms with Gasteiger partial charge < -0.3 is 33.2 Å². The Hall–Kier alpha value is -4.55. The van der Waals surface area contributed by atoms with Crippen LogP contribution in [0.15, 0.2) is 60.2 Å². The largest absolute Gasteiger partial charge is 0.459 e. The van der Waals surface area contributed by atoms with E-state index >= 15 is 0 Å². The van der Waals surface area contributed by atoms with Gasteiger partial charge in [0, 0.05) is 26.5 Å². The summed E-state index contributed by atoms with van der Waals surface area (Å²) in [6.45, 7) is 4.85. The quantitative estimate of drug-likeness (QED) is 0.130. The number of benzene rings is 2. The summed E-state index contributed by atoms with van der Waals surface area (Å²) in [6.07, 6.45) is -0.207. The van der Waals surface area contributed by atoms with Gasteiger partial charge in [-0.1, -0.05) is 18.2 Å². The zero-order valence-electron chi connectivity index (χ0n) is 24.1. The summed E-state index contributed by atoms with van der Waals surface area (Å²) in [7, 11) is 1.43. The van der Waals surface area contributed by atoms with Crippen molar-refractivity contribution >= 4 is 29.8 Å². The van der Waals surface area contributed by atoms with Crippen molar-refractivity contribution in [3.8, 4) is 11.5 Å². The highest BCUT2D eigenvalue weighted by atomic mass is 16.6. The third-order valence-corrected chi connectivity index (χ3v) is 5.36. The molecule has 2 aromatic carbocycles. The SMILES string of the molecule is C/C=C(\C)C(=O)OCC(COC)OC(COC(=O)c1cccc(OC(C)=O)c1)COC(=O)c1cccc(OC(C)=O)c1. The molecule has 0 spiro atoms. The molecule has 2 aromatic rings. The van der Waals surface area contributed by atoms with E-state index in [4.69, 9.17) is 33.2 Å². The number of esters is 5. The van der Waals surface area contributed by atoms with Crippen molar-refractivity contribution in [2.45, 2.75) is 39.9 Å². The predicted octanol–water partition coefficient (Wildman–Crippen LogP) is 3.46. The first-order valence-corrected chi connectivity index (χ1v) is 12.9. The van der Waals surface area contributed by atoms with Crippen LogP contribution in [0.4, 0.5) is 0 Å². The van der Waals surface area contributed by atoms with Crippen molar-refractivity contribution in [2.24, 2.45) is 0 Å². The molecule has 0 saturated carbocycles. The Morgan fingerprint density at radius 3 is 1.57 bits per heavy atom. The fraction of sp³-hybridized carbons (Fsp3) is 0.367. The van der Waals surface area contributed by atoms with E-state index in [1.54, 1.807) is 19.9 Å². The second-order valence-electron chi connectivity index (χ2n) is 8.85. The van der Waals surface area contributed by atoms with Gasteiger partial charge in [-0.05, 0) is 50.2 Å². The monoisotopic (exact) mass is 586 g/mol. The maximum Gasteiger partial charge on any atom is 0.338 e. The van der Waals surface area contributed by atoms with E-state index in [9.17, 15) is 24.0 Å². The smallest absolute Gasteiger partial charge is 0.338 e. The van der Waals surface area contributed by atoms with Crippen LogP contribution in [0.3, 0.4) is 0 Å². The molecule has 0 aliphatic carbocycles. The van der Waals surface area contributed by atoms with Crippen LogP contribution in [0, 0.1) is 0 Å². The molecule has 0 aromatic heterocycles. The van der Waals surface area contributed by atoms with Gasteiger partial charge in [0.2, 0.25) is 0 Å². The van der Waals surface area contributed by atoms with Crippen LogP contribution in [-0.2, 0) is 38.1 Å². The molecule has 0 aliphatic rings. The summed E-state index contributed by atoms with van der Waals surface area (Å²) in [5, 5.41) is 0. The number of carbonyl (C=O) groups is 5. The van der Waals surface area contributed by atoms with Crippen molar-refractivity contribution in [3.63, 3.8) is 0 Å². The number of rotatable bonds is 15. The van der Waals surface area contributed by atoms with Crippen molar-refractivity contribution in [1.29, 1.82) is 0 Å². The minimum absolute atomic E-state index is 0.00935. The zero-order valence-corrected chi connectivity index (χ0v) is 24.1. The summed E-state index contributed by atoms with van der Waals surface area (Å²) < 4.78 is 37.2. The van der Waals surface area contributed by atoms with Crippen LogP contribution < -0.4 is 9.47 Å². The van der Waals surface area contributed by atoms with Gasteiger partial charge in [0.05, 0.1) is 17.7 Å².